The Kier molecular flexibility index (Phi) is 3.27. The van der Waals surface area contributed by atoms with Crippen molar-refractivity contribution in [1.82, 2.24) is 20.1 Å². The smallest absolute Gasteiger partial charge is 0.253 e. The number of hydrogen-bond acceptors (Lipinski definition) is 4. The van der Waals surface area contributed by atoms with Crippen molar-refractivity contribution in [2.75, 3.05) is 0 Å². The lowest BCUT2D eigenvalue weighted by Crippen LogP contribution is -2.23. The Morgan fingerprint density at radius 2 is 2.22 bits per heavy atom. The summed E-state index contributed by atoms with van der Waals surface area (Å²) in [6.45, 7) is 2.33. The lowest BCUT2D eigenvalue weighted by molar-refractivity contribution is 0.0950. The van der Waals surface area contributed by atoms with Crippen molar-refractivity contribution in [3.63, 3.8) is 0 Å². The van der Waals surface area contributed by atoms with Crippen molar-refractivity contribution in [1.29, 1.82) is 0 Å². The maximum absolute atomic E-state index is 11.8. The summed E-state index contributed by atoms with van der Waals surface area (Å²) in [6, 6.07) is 1.37. The molecule has 0 bridgehead atoms. The molecule has 0 fully saturated rings. The molecule has 1 amide bonds. The molecule has 0 aromatic carbocycles. The zero-order valence-corrected chi connectivity index (χ0v) is 10.2. The van der Waals surface area contributed by atoms with E-state index < -0.39 is 0 Å². The van der Waals surface area contributed by atoms with Crippen LogP contribution in [0, 0.1) is 6.92 Å². The molecule has 0 radical (unpaired) electrons. The fourth-order valence-corrected chi connectivity index (χ4v) is 1.55. The van der Waals surface area contributed by atoms with Gasteiger partial charge in [-0.2, -0.15) is 5.10 Å². The van der Waals surface area contributed by atoms with E-state index in [9.17, 15) is 9.90 Å². The third kappa shape index (κ3) is 2.48. The van der Waals surface area contributed by atoms with E-state index in [-0.39, 0.29) is 11.7 Å². The topological polar surface area (TPSA) is 80.0 Å². The van der Waals surface area contributed by atoms with E-state index in [2.05, 4.69) is 15.4 Å². The van der Waals surface area contributed by atoms with Gasteiger partial charge in [0.2, 0.25) is 0 Å². The Morgan fingerprint density at radius 3 is 2.83 bits per heavy atom. The fourth-order valence-electron chi connectivity index (χ4n) is 1.55. The first kappa shape index (κ1) is 12.1. The molecule has 0 unspecified atom stereocenters. The lowest BCUT2D eigenvalue weighted by atomic mass is 10.2. The van der Waals surface area contributed by atoms with Crippen LogP contribution in [0.3, 0.4) is 0 Å². The Morgan fingerprint density at radius 1 is 1.44 bits per heavy atom. The number of amides is 1. The quantitative estimate of drug-likeness (QED) is 0.837. The van der Waals surface area contributed by atoms with Gasteiger partial charge in [-0.1, -0.05) is 0 Å². The first-order chi connectivity index (χ1) is 8.58. The number of rotatable bonds is 3. The minimum atomic E-state index is -0.276. The molecule has 0 aliphatic carbocycles. The van der Waals surface area contributed by atoms with E-state index in [0.29, 0.717) is 12.1 Å². The van der Waals surface area contributed by atoms with Crippen molar-refractivity contribution in [2.45, 2.75) is 13.5 Å². The Balaban J connectivity index is 2.03. The van der Waals surface area contributed by atoms with Crippen LogP contribution < -0.4 is 5.32 Å². The molecule has 2 aromatic heterocycles. The van der Waals surface area contributed by atoms with Gasteiger partial charge in [-0.05, 0) is 13.0 Å². The van der Waals surface area contributed by atoms with Crippen LogP contribution in [0.2, 0.25) is 0 Å². The average Bonchev–Trinajstić information content (AvgIpc) is 2.67. The number of nitrogens with one attached hydrogen (secondary N) is 1. The van der Waals surface area contributed by atoms with Crippen LogP contribution in [0.5, 0.6) is 5.75 Å². The Hall–Kier alpha value is -2.37. The minimum Gasteiger partial charge on any atom is -0.506 e. The zero-order valence-electron chi connectivity index (χ0n) is 10.2. The number of nitrogens with zero attached hydrogens (tertiary/aromatic N) is 3. The summed E-state index contributed by atoms with van der Waals surface area (Å²) in [7, 11) is 1.85. The Bertz CT molecular complexity index is 577. The number of hydrogen-bond donors (Lipinski definition) is 2. The molecule has 6 heteroatoms. The molecule has 0 saturated carbocycles. The standard InChI is InChI=1S/C12H14N4O2/c1-8-10(6-15-16(8)2)5-14-12(18)9-3-11(17)7-13-4-9/h3-4,6-7,17H,5H2,1-2H3,(H,14,18). The highest BCUT2D eigenvalue weighted by molar-refractivity contribution is 5.94. The van der Waals surface area contributed by atoms with Crippen molar-refractivity contribution in [3.8, 4) is 5.75 Å². The first-order valence-electron chi connectivity index (χ1n) is 5.47. The first-order valence-corrected chi connectivity index (χ1v) is 5.47. The molecule has 2 aromatic rings. The number of aromatic nitrogens is 3. The van der Waals surface area contributed by atoms with E-state index in [0.717, 1.165) is 11.3 Å². The summed E-state index contributed by atoms with van der Waals surface area (Å²) in [5, 5.41) is 16.1. The second-order valence-corrected chi connectivity index (χ2v) is 3.99. The van der Waals surface area contributed by atoms with Gasteiger partial charge in [-0.15, -0.1) is 0 Å². The molecular weight excluding hydrogens is 232 g/mol. The van der Waals surface area contributed by atoms with Crippen LogP contribution in [-0.4, -0.2) is 25.8 Å². The van der Waals surface area contributed by atoms with Crippen LogP contribution in [-0.2, 0) is 13.6 Å². The summed E-state index contributed by atoms with van der Waals surface area (Å²) in [6.07, 6.45) is 4.41. The van der Waals surface area contributed by atoms with Gasteiger partial charge in [0.25, 0.3) is 5.91 Å². The van der Waals surface area contributed by atoms with Crippen molar-refractivity contribution < 1.29 is 9.90 Å². The number of aromatic hydroxyl groups is 1. The van der Waals surface area contributed by atoms with Gasteiger partial charge in [0.15, 0.2) is 0 Å². The highest BCUT2D eigenvalue weighted by atomic mass is 16.3. The second kappa shape index (κ2) is 4.87. The summed E-state index contributed by atoms with van der Waals surface area (Å²) < 4.78 is 1.75. The molecule has 2 heterocycles. The molecule has 0 spiro atoms. The van der Waals surface area contributed by atoms with E-state index in [1.807, 2.05) is 14.0 Å². The van der Waals surface area contributed by atoms with Gasteiger partial charge in [-0.25, -0.2) is 0 Å². The molecule has 18 heavy (non-hydrogen) atoms. The van der Waals surface area contributed by atoms with Crippen LogP contribution in [0.4, 0.5) is 0 Å². The van der Waals surface area contributed by atoms with E-state index in [1.165, 1.54) is 18.5 Å². The second-order valence-electron chi connectivity index (χ2n) is 3.99. The average molecular weight is 246 g/mol. The van der Waals surface area contributed by atoms with Crippen molar-refractivity contribution >= 4 is 5.91 Å². The molecule has 2 rings (SSSR count). The maximum Gasteiger partial charge on any atom is 0.253 e. The lowest BCUT2D eigenvalue weighted by Gasteiger charge is -2.05. The van der Waals surface area contributed by atoms with E-state index in [1.54, 1.807) is 10.9 Å². The van der Waals surface area contributed by atoms with Crippen molar-refractivity contribution in [2.24, 2.45) is 7.05 Å². The van der Waals surface area contributed by atoms with Gasteiger partial charge in [-0.3, -0.25) is 14.5 Å². The number of aryl methyl sites for hydroxylation is 1. The summed E-state index contributed by atoms with van der Waals surface area (Å²) in [5.74, 6) is -0.304. The van der Waals surface area contributed by atoms with Gasteiger partial charge in [0, 0.05) is 31.0 Å². The normalized spacial score (nSPS) is 10.3. The predicted octanol–water partition coefficient (Wildman–Crippen LogP) is 0.759. The summed E-state index contributed by atoms with van der Waals surface area (Å²) in [4.78, 5) is 15.6. The highest BCUT2D eigenvalue weighted by Gasteiger charge is 2.09. The SMILES string of the molecule is Cc1c(CNC(=O)c2cncc(O)c2)cnn1C. The molecule has 0 saturated heterocycles. The summed E-state index contributed by atoms with van der Waals surface area (Å²) in [5.41, 5.74) is 2.29. The highest BCUT2D eigenvalue weighted by Crippen LogP contribution is 2.09. The molecule has 0 aliphatic heterocycles. The molecule has 94 valence electrons. The van der Waals surface area contributed by atoms with Crippen LogP contribution in [0.25, 0.3) is 0 Å². The number of carbonyl (C=O) groups excluding carboxylic acids is 1. The monoisotopic (exact) mass is 246 g/mol. The molecule has 0 atom stereocenters. The van der Waals surface area contributed by atoms with Gasteiger partial charge in [0.05, 0.1) is 18.0 Å². The third-order valence-electron chi connectivity index (χ3n) is 2.76. The maximum atomic E-state index is 11.8. The zero-order chi connectivity index (χ0) is 13.1. The number of pyridine rings is 1. The number of carbonyl (C=O) groups is 1. The van der Waals surface area contributed by atoms with Gasteiger partial charge >= 0.3 is 0 Å². The molecular formula is C12H14N4O2. The molecule has 6 nitrogen and oxygen atoms in total. The molecule has 2 N–H and O–H groups in total. The van der Waals surface area contributed by atoms with Crippen LogP contribution >= 0.6 is 0 Å². The van der Waals surface area contributed by atoms with Crippen molar-refractivity contribution in [3.05, 3.63) is 41.5 Å². The van der Waals surface area contributed by atoms with Crippen LogP contribution in [0.1, 0.15) is 21.6 Å². The minimum absolute atomic E-state index is 0.0276. The fraction of sp³-hybridized carbons (Fsp3) is 0.250. The summed E-state index contributed by atoms with van der Waals surface area (Å²) >= 11 is 0. The molecule has 0 aliphatic rings. The predicted molar refractivity (Wildman–Crippen MR) is 65.0 cm³/mol. The largest absolute Gasteiger partial charge is 0.506 e. The van der Waals surface area contributed by atoms with E-state index >= 15 is 0 Å². The van der Waals surface area contributed by atoms with Crippen LogP contribution in [0.15, 0.2) is 24.7 Å². The third-order valence-corrected chi connectivity index (χ3v) is 2.76. The van der Waals surface area contributed by atoms with Gasteiger partial charge < -0.3 is 10.4 Å². The van der Waals surface area contributed by atoms with E-state index in [4.69, 9.17) is 0 Å². The van der Waals surface area contributed by atoms with Gasteiger partial charge in [0.1, 0.15) is 5.75 Å². The Labute approximate surface area is 104 Å².